The first-order valence-corrected chi connectivity index (χ1v) is 9.55. The molecule has 2 aliphatic heterocycles. The van der Waals surface area contributed by atoms with Crippen molar-refractivity contribution in [3.8, 4) is 0 Å². The highest BCUT2D eigenvalue weighted by molar-refractivity contribution is 5.92. The zero-order chi connectivity index (χ0) is 16.8. The van der Waals surface area contributed by atoms with Crippen LogP contribution in [-0.2, 0) is 0 Å². The number of unbranched alkanes of at least 4 members (excludes halogenated alkanes) is 1. The van der Waals surface area contributed by atoms with Gasteiger partial charge < -0.3 is 15.5 Å². The number of amides is 1. The van der Waals surface area contributed by atoms with E-state index in [1.807, 2.05) is 16.9 Å². The van der Waals surface area contributed by atoms with E-state index in [4.69, 9.17) is 0 Å². The molecule has 2 N–H and O–H groups in total. The van der Waals surface area contributed by atoms with E-state index in [9.17, 15) is 4.79 Å². The Morgan fingerprint density at radius 1 is 1.38 bits per heavy atom. The molecule has 2 fully saturated rings. The van der Waals surface area contributed by atoms with Gasteiger partial charge in [-0.2, -0.15) is 5.10 Å². The van der Waals surface area contributed by atoms with E-state index < -0.39 is 0 Å². The maximum atomic E-state index is 12.4. The number of piperidine rings is 2. The van der Waals surface area contributed by atoms with Crippen molar-refractivity contribution in [3.63, 3.8) is 0 Å². The molecule has 0 spiro atoms. The molecule has 3 rings (SSSR count). The fourth-order valence-electron chi connectivity index (χ4n) is 3.66. The van der Waals surface area contributed by atoms with E-state index in [2.05, 4.69) is 27.6 Å². The quantitative estimate of drug-likeness (QED) is 0.833. The molecule has 1 amide bonds. The van der Waals surface area contributed by atoms with Crippen LogP contribution in [0.5, 0.6) is 0 Å². The first kappa shape index (κ1) is 17.4. The molecule has 24 heavy (non-hydrogen) atoms. The van der Waals surface area contributed by atoms with Crippen LogP contribution in [0.1, 0.15) is 62.0 Å². The lowest BCUT2D eigenvalue weighted by Gasteiger charge is -2.32. The van der Waals surface area contributed by atoms with Crippen LogP contribution in [-0.4, -0.2) is 59.4 Å². The Morgan fingerprint density at radius 3 is 2.92 bits per heavy atom. The Hall–Kier alpha value is -1.40. The predicted octanol–water partition coefficient (Wildman–Crippen LogP) is 1.80. The van der Waals surface area contributed by atoms with Crippen LogP contribution in [0, 0.1) is 0 Å². The second kappa shape index (κ2) is 8.62. The minimum Gasteiger partial charge on any atom is -0.348 e. The minimum atomic E-state index is -0.0236. The lowest BCUT2D eigenvalue weighted by Crippen LogP contribution is -2.45. The number of carbonyl (C=O) groups excluding carboxylic acids is 1. The van der Waals surface area contributed by atoms with E-state index in [0.717, 1.165) is 45.4 Å². The van der Waals surface area contributed by atoms with Crippen molar-refractivity contribution in [1.82, 2.24) is 25.3 Å². The molecule has 1 aromatic heterocycles. The van der Waals surface area contributed by atoms with Gasteiger partial charge in [0.05, 0.1) is 6.04 Å². The summed E-state index contributed by atoms with van der Waals surface area (Å²) in [5.74, 6) is -0.0236. The van der Waals surface area contributed by atoms with Crippen LogP contribution in [0.2, 0.25) is 0 Å². The molecule has 0 saturated carbocycles. The number of nitrogens with zero attached hydrogens (tertiary/aromatic N) is 3. The van der Waals surface area contributed by atoms with Gasteiger partial charge in [0.15, 0.2) is 0 Å². The Labute approximate surface area is 145 Å². The third kappa shape index (κ3) is 4.57. The zero-order valence-electron chi connectivity index (χ0n) is 14.8. The van der Waals surface area contributed by atoms with E-state index in [1.54, 1.807) is 0 Å². The van der Waals surface area contributed by atoms with E-state index >= 15 is 0 Å². The van der Waals surface area contributed by atoms with Crippen molar-refractivity contribution in [1.29, 1.82) is 0 Å². The van der Waals surface area contributed by atoms with Gasteiger partial charge in [0.1, 0.15) is 5.69 Å². The van der Waals surface area contributed by atoms with Gasteiger partial charge in [-0.15, -0.1) is 0 Å². The van der Waals surface area contributed by atoms with E-state index in [1.165, 1.54) is 25.8 Å². The van der Waals surface area contributed by atoms with E-state index in [-0.39, 0.29) is 11.9 Å². The lowest BCUT2D eigenvalue weighted by atomic mass is 10.0. The Balaban J connectivity index is 1.46. The van der Waals surface area contributed by atoms with Crippen LogP contribution in [0.3, 0.4) is 0 Å². The molecular weight excluding hydrogens is 302 g/mol. The molecule has 0 radical (unpaired) electrons. The maximum Gasteiger partial charge on any atom is 0.271 e. The molecule has 3 heterocycles. The standard InChI is InChI=1S/C18H31N5O/c1-2-3-10-22-11-6-15(7-12-22)20-18(24)17-8-13-23(21-17)16-5-4-9-19-14-16/h8,13,15-16,19H,2-7,9-12,14H2,1H3,(H,20,24). The average Bonchev–Trinajstić information content (AvgIpc) is 3.12. The average molecular weight is 333 g/mol. The van der Waals surface area contributed by atoms with Crippen LogP contribution in [0.4, 0.5) is 0 Å². The number of aromatic nitrogens is 2. The number of rotatable bonds is 6. The molecule has 1 aromatic rings. The summed E-state index contributed by atoms with van der Waals surface area (Å²) in [7, 11) is 0. The summed E-state index contributed by atoms with van der Waals surface area (Å²) in [6, 6.07) is 2.51. The SMILES string of the molecule is CCCCN1CCC(NC(=O)c2ccn(C3CCCNC3)n2)CC1. The monoisotopic (exact) mass is 333 g/mol. The second-order valence-corrected chi connectivity index (χ2v) is 7.12. The summed E-state index contributed by atoms with van der Waals surface area (Å²) in [6.07, 6.45) is 8.85. The van der Waals surface area contributed by atoms with Crippen molar-refractivity contribution in [3.05, 3.63) is 18.0 Å². The summed E-state index contributed by atoms with van der Waals surface area (Å²) in [6.45, 7) is 7.63. The molecule has 134 valence electrons. The zero-order valence-corrected chi connectivity index (χ0v) is 14.8. The smallest absolute Gasteiger partial charge is 0.271 e. The Kier molecular flexibility index (Phi) is 6.26. The maximum absolute atomic E-state index is 12.4. The van der Waals surface area contributed by atoms with Gasteiger partial charge >= 0.3 is 0 Å². The lowest BCUT2D eigenvalue weighted by molar-refractivity contribution is 0.0904. The van der Waals surface area contributed by atoms with Crippen LogP contribution < -0.4 is 10.6 Å². The summed E-state index contributed by atoms with van der Waals surface area (Å²) < 4.78 is 1.95. The van der Waals surface area contributed by atoms with Gasteiger partial charge in [-0.1, -0.05) is 13.3 Å². The Bertz CT molecular complexity index is 515. The van der Waals surface area contributed by atoms with Crippen molar-refractivity contribution in [2.75, 3.05) is 32.7 Å². The van der Waals surface area contributed by atoms with Crippen molar-refractivity contribution in [2.24, 2.45) is 0 Å². The van der Waals surface area contributed by atoms with Crippen molar-refractivity contribution < 1.29 is 4.79 Å². The number of likely N-dealkylation sites (tertiary alicyclic amines) is 1. The van der Waals surface area contributed by atoms with Gasteiger partial charge in [-0.05, 0) is 51.3 Å². The van der Waals surface area contributed by atoms with Gasteiger partial charge in [-0.3, -0.25) is 9.48 Å². The molecular formula is C18H31N5O. The number of hydrogen-bond acceptors (Lipinski definition) is 4. The number of carbonyl (C=O) groups is 1. The first-order chi connectivity index (χ1) is 11.8. The highest BCUT2D eigenvalue weighted by atomic mass is 16.2. The fraction of sp³-hybridized carbons (Fsp3) is 0.778. The highest BCUT2D eigenvalue weighted by Crippen LogP contribution is 2.16. The highest BCUT2D eigenvalue weighted by Gasteiger charge is 2.22. The number of nitrogens with one attached hydrogen (secondary N) is 2. The number of hydrogen-bond donors (Lipinski definition) is 2. The van der Waals surface area contributed by atoms with Crippen molar-refractivity contribution >= 4 is 5.91 Å². The summed E-state index contributed by atoms with van der Waals surface area (Å²) in [4.78, 5) is 15.0. The molecule has 1 unspecified atom stereocenters. The topological polar surface area (TPSA) is 62.2 Å². The van der Waals surface area contributed by atoms with Crippen LogP contribution in [0.25, 0.3) is 0 Å². The van der Waals surface area contributed by atoms with E-state index in [0.29, 0.717) is 11.7 Å². The Morgan fingerprint density at radius 2 is 2.21 bits per heavy atom. The molecule has 1 atom stereocenters. The predicted molar refractivity (Wildman–Crippen MR) is 95.2 cm³/mol. The van der Waals surface area contributed by atoms with Crippen LogP contribution in [0.15, 0.2) is 12.3 Å². The molecule has 6 heteroatoms. The summed E-state index contributed by atoms with van der Waals surface area (Å²) in [5.41, 5.74) is 0.550. The van der Waals surface area contributed by atoms with Crippen molar-refractivity contribution in [2.45, 2.75) is 57.5 Å². The summed E-state index contributed by atoms with van der Waals surface area (Å²) >= 11 is 0. The van der Waals surface area contributed by atoms with Gasteiger partial charge in [0.2, 0.25) is 0 Å². The molecule has 2 aliphatic rings. The normalized spacial score (nSPS) is 23.3. The van der Waals surface area contributed by atoms with Crippen LogP contribution >= 0.6 is 0 Å². The molecule has 6 nitrogen and oxygen atoms in total. The minimum absolute atomic E-state index is 0.0236. The molecule has 0 aliphatic carbocycles. The van der Waals surface area contributed by atoms with Gasteiger partial charge in [0, 0.05) is 31.9 Å². The molecule has 2 saturated heterocycles. The third-order valence-electron chi connectivity index (χ3n) is 5.24. The third-order valence-corrected chi connectivity index (χ3v) is 5.24. The summed E-state index contributed by atoms with van der Waals surface area (Å²) in [5, 5.41) is 11.1. The van der Waals surface area contributed by atoms with Gasteiger partial charge in [-0.25, -0.2) is 0 Å². The first-order valence-electron chi connectivity index (χ1n) is 9.55. The molecule has 0 aromatic carbocycles. The molecule has 0 bridgehead atoms. The van der Waals surface area contributed by atoms with Gasteiger partial charge in [0.25, 0.3) is 5.91 Å². The second-order valence-electron chi connectivity index (χ2n) is 7.12. The largest absolute Gasteiger partial charge is 0.348 e. The fourth-order valence-corrected chi connectivity index (χ4v) is 3.66.